The second-order valence-electron chi connectivity index (χ2n) is 7.67. The van der Waals surface area contributed by atoms with Gasteiger partial charge in [0, 0.05) is 27.6 Å². The fourth-order valence-electron chi connectivity index (χ4n) is 3.31. The topological polar surface area (TPSA) is 71.1 Å². The maximum atomic E-state index is 12.9. The number of hydrogen-bond acceptors (Lipinski definition) is 5. The van der Waals surface area contributed by atoms with Crippen LogP contribution in [-0.2, 0) is 9.59 Å². The number of anilines is 2. The third-order valence-electron chi connectivity index (χ3n) is 5.07. The van der Waals surface area contributed by atoms with E-state index in [-0.39, 0.29) is 17.1 Å². The van der Waals surface area contributed by atoms with E-state index in [1.807, 2.05) is 97.2 Å². The van der Waals surface area contributed by atoms with Crippen molar-refractivity contribution in [3.8, 4) is 11.3 Å². The molecule has 0 aliphatic heterocycles. The van der Waals surface area contributed by atoms with Crippen molar-refractivity contribution in [2.75, 3.05) is 10.6 Å². The molecule has 4 aromatic rings. The highest BCUT2D eigenvalue weighted by Gasteiger charge is 2.19. The summed E-state index contributed by atoms with van der Waals surface area (Å²) in [5.74, 6) is -0.300. The van der Waals surface area contributed by atoms with Gasteiger partial charge in [-0.25, -0.2) is 4.98 Å². The summed E-state index contributed by atoms with van der Waals surface area (Å²) in [6.45, 7) is 1.98. The molecule has 1 atom stereocenters. The van der Waals surface area contributed by atoms with Gasteiger partial charge in [0.1, 0.15) is 0 Å². The predicted molar refractivity (Wildman–Crippen MR) is 147 cm³/mol. The summed E-state index contributed by atoms with van der Waals surface area (Å²) in [7, 11) is 0. The van der Waals surface area contributed by atoms with Crippen LogP contribution < -0.4 is 10.6 Å². The van der Waals surface area contributed by atoms with Crippen LogP contribution >= 0.6 is 23.1 Å². The molecule has 0 aliphatic carbocycles. The summed E-state index contributed by atoms with van der Waals surface area (Å²) >= 11 is 2.88. The number of rotatable bonds is 9. The zero-order valence-corrected chi connectivity index (χ0v) is 20.8. The van der Waals surface area contributed by atoms with Crippen molar-refractivity contribution in [1.82, 2.24) is 4.98 Å². The number of thiazole rings is 1. The van der Waals surface area contributed by atoms with Gasteiger partial charge in [-0.3, -0.25) is 9.59 Å². The molecule has 1 heterocycles. The molecule has 1 aromatic heterocycles. The Balaban J connectivity index is 1.35. The van der Waals surface area contributed by atoms with Crippen molar-refractivity contribution in [2.45, 2.75) is 23.5 Å². The van der Waals surface area contributed by atoms with Gasteiger partial charge < -0.3 is 10.6 Å². The number of nitrogens with one attached hydrogen (secondary N) is 2. The van der Waals surface area contributed by atoms with E-state index in [0.29, 0.717) is 17.2 Å². The SMILES string of the molecule is CCC(Sc1cccc(NC(=O)/C=C/c2ccccc2)c1)C(=O)Nc1nc(-c2ccccc2)cs1. The summed E-state index contributed by atoms with van der Waals surface area (Å²) < 4.78 is 0. The Labute approximate surface area is 213 Å². The lowest BCUT2D eigenvalue weighted by Gasteiger charge is -2.14. The van der Waals surface area contributed by atoms with Crippen molar-refractivity contribution in [3.63, 3.8) is 0 Å². The molecule has 0 spiro atoms. The maximum absolute atomic E-state index is 12.9. The first kappa shape index (κ1) is 24.4. The fourth-order valence-corrected chi connectivity index (χ4v) is 5.05. The molecule has 3 aromatic carbocycles. The fraction of sp³-hybridized carbons (Fsp3) is 0.107. The number of amides is 2. The number of carbonyl (C=O) groups is 2. The zero-order chi connectivity index (χ0) is 24.5. The van der Waals surface area contributed by atoms with Crippen LogP contribution in [-0.4, -0.2) is 22.0 Å². The Bertz CT molecular complexity index is 1300. The lowest BCUT2D eigenvalue weighted by Crippen LogP contribution is -2.24. The van der Waals surface area contributed by atoms with E-state index in [1.165, 1.54) is 29.2 Å². The first-order valence-corrected chi connectivity index (χ1v) is 13.0. The quantitative estimate of drug-likeness (QED) is 0.193. The third-order valence-corrected chi connectivity index (χ3v) is 7.19. The molecule has 35 heavy (non-hydrogen) atoms. The summed E-state index contributed by atoms with van der Waals surface area (Å²) in [5.41, 5.74) is 3.50. The number of carbonyl (C=O) groups excluding carboxylic acids is 2. The second-order valence-corrected chi connectivity index (χ2v) is 9.80. The minimum atomic E-state index is -0.289. The Morgan fingerprint density at radius 1 is 0.971 bits per heavy atom. The normalized spacial score (nSPS) is 11.8. The molecule has 0 fully saturated rings. The molecule has 176 valence electrons. The highest BCUT2D eigenvalue weighted by atomic mass is 32.2. The lowest BCUT2D eigenvalue weighted by molar-refractivity contribution is -0.115. The van der Waals surface area contributed by atoms with Gasteiger partial charge in [0.15, 0.2) is 5.13 Å². The summed E-state index contributed by atoms with van der Waals surface area (Å²) in [6.07, 6.45) is 3.94. The first-order chi connectivity index (χ1) is 17.1. The van der Waals surface area contributed by atoms with Crippen LogP contribution in [0.5, 0.6) is 0 Å². The minimum absolute atomic E-state index is 0.0910. The average Bonchev–Trinajstić information content (AvgIpc) is 3.36. The van der Waals surface area contributed by atoms with Crippen LogP contribution in [0.1, 0.15) is 18.9 Å². The molecular weight excluding hydrogens is 474 g/mol. The number of thioether (sulfide) groups is 1. The molecule has 0 saturated heterocycles. The van der Waals surface area contributed by atoms with Crippen LogP contribution in [0.4, 0.5) is 10.8 Å². The molecule has 2 N–H and O–H groups in total. The van der Waals surface area contributed by atoms with Gasteiger partial charge in [0.25, 0.3) is 0 Å². The van der Waals surface area contributed by atoms with Crippen molar-refractivity contribution >= 4 is 51.8 Å². The number of nitrogens with zero attached hydrogens (tertiary/aromatic N) is 1. The van der Waals surface area contributed by atoms with Gasteiger partial charge >= 0.3 is 0 Å². The Morgan fingerprint density at radius 3 is 2.46 bits per heavy atom. The molecule has 5 nitrogen and oxygen atoms in total. The van der Waals surface area contributed by atoms with Gasteiger partial charge in [0.2, 0.25) is 11.8 Å². The van der Waals surface area contributed by atoms with Crippen molar-refractivity contribution in [2.24, 2.45) is 0 Å². The van der Waals surface area contributed by atoms with Crippen LogP contribution in [0, 0.1) is 0 Å². The Morgan fingerprint density at radius 2 is 1.71 bits per heavy atom. The molecular formula is C28H25N3O2S2. The van der Waals surface area contributed by atoms with Gasteiger partial charge in [-0.2, -0.15) is 0 Å². The Kier molecular flexibility index (Phi) is 8.48. The summed E-state index contributed by atoms with van der Waals surface area (Å²) in [6, 6.07) is 27.1. The minimum Gasteiger partial charge on any atom is -0.322 e. The van der Waals surface area contributed by atoms with E-state index in [1.54, 1.807) is 6.08 Å². The van der Waals surface area contributed by atoms with Gasteiger partial charge in [-0.05, 0) is 36.3 Å². The second kappa shape index (κ2) is 12.1. The van der Waals surface area contributed by atoms with E-state index in [2.05, 4.69) is 15.6 Å². The summed E-state index contributed by atoms with van der Waals surface area (Å²) in [4.78, 5) is 30.7. The monoisotopic (exact) mass is 499 g/mol. The van der Waals surface area contributed by atoms with Crippen molar-refractivity contribution in [1.29, 1.82) is 0 Å². The summed E-state index contributed by atoms with van der Waals surface area (Å²) in [5, 5.41) is 8.07. The Hall–Kier alpha value is -3.68. The third kappa shape index (κ3) is 7.15. The van der Waals surface area contributed by atoms with Crippen LogP contribution in [0.25, 0.3) is 17.3 Å². The molecule has 0 radical (unpaired) electrons. The van der Waals surface area contributed by atoms with Crippen LogP contribution in [0.3, 0.4) is 0 Å². The van der Waals surface area contributed by atoms with Gasteiger partial charge in [-0.1, -0.05) is 73.7 Å². The average molecular weight is 500 g/mol. The molecule has 1 unspecified atom stereocenters. The smallest absolute Gasteiger partial charge is 0.248 e. The predicted octanol–water partition coefficient (Wildman–Crippen LogP) is 6.97. The van der Waals surface area contributed by atoms with E-state index >= 15 is 0 Å². The van der Waals surface area contributed by atoms with Crippen LogP contribution in [0.2, 0.25) is 0 Å². The van der Waals surface area contributed by atoms with Crippen molar-refractivity contribution in [3.05, 3.63) is 102 Å². The standard InChI is InChI=1S/C28H25N3O2S2/c1-2-25(27(33)31-28-30-24(19-34-28)21-12-7-4-8-13-21)35-23-15-9-14-22(18-23)29-26(32)17-16-20-10-5-3-6-11-20/h3-19,25H,2H2,1H3,(H,29,32)(H,30,31,33)/b17-16+. The number of aromatic nitrogens is 1. The number of benzene rings is 3. The first-order valence-electron chi connectivity index (χ1n) is 11.2. The number of hydrogen-bond donors (Lipinski definition) is 2. The highest BCUT2D eigenvalue weighted by molar-refractivity contribution is 8.00. The largest absolute Gasteiger partial charge is 0.322 e. The molecule has 7 heteroatoms. The molecule has 0 bridgehead atoms. The molecule has 0 aliphatic rings. The van der Waals surface area contributed by atoms with E-state index in [4.69, 9.17) is 0 Å². The van der Waals surface area contributed by atoms with Crippen molar-refractivity contribution < 1.29 is 9.59 Å². The molecule has 4 rings (SSSR count). The maximum Gasteiger partial charge on any atom is 0.248 e. The lowest BCUT2D eigenvalue weighted by atomic mass is 10.2. The van der Waals surface area contributed by atoms with E-state index in [9.17, 15) is 9.59 Å². The van der Waals surface area contributed by atoms with E-state index in [0.717, 1.165) is 21.7 Å². The molecule has 2 amide bonds. The molecule has 0 saturated carbocycles. The van der Waals surface area contributed by atoms with E-state index < -0.39 is 0 Å². The van der Waals surface area contributed by atoms with Crippen LogP contribution in [0.15, 0.2) is 101 Å². The zero-order valence-electron chi connectivity index (χ0n) is 19.2. The van der Waals surface area contributed by atoms with Gasteiger partial charge in [-0.15, -0.1) is 23.1 Å². The highest BCUT2D eigenvalue weighted by Crippen LogP contribution is 2.30. The van der Waals surface area contributed by atoms with Gasteiger partial charge in [0.05, 0.1) is 10.9 Å².